The van der Waals surface area contributed by atoms with Gasteiger partial charge in [0, 0.05) is 54.8 Å². The van der Waals surface area contributed by atoms with E-state index >= 15 is 0 Å². The van der Waals surface area contributed by atoms with Gasteiger partial charge in [-0.15, -0.1) is 0 Å². The van der Waals surface area contributed by atoms with E-state index in [0.29, 0.717) is 19.6 Å². The van der Waals surface area contributed by atoms with Crippen LogP contribution in [-0.2, 0) is 11.2 Å². The van der Waals surface area contributed by atoms with E-state index in [0.717, 1.165) is 66.1 Å². The SMILES string of the molecule is CCOc1cc(-c2ccc(N3CCC(Cc4ccccc4)(NC(=O)[C@H]4NCC[C@@H]4O)CC3)nc2)c2c(C=NC)cnn2c1. The summed E-state index contributed by atoms with van der Waals surface area (Å²) in [7, 11) is 1.75. The molecule has 43 heavy (non-hydrogen) atoms. The van der Waals surface area contributed by atoms with Crippen molar-refractivity contribution in [1.29, 1.82) is 0 Å². The largest absolute Gasteiger partial charge is 0.492 e. The van der Waals surface area contributed by atoms with Crippen LogP contribution in [0.1, 0.15) is 37.3 Å². The fourth-order valence-corrected chi connectivity index (χ4v) is 6.34. The lowest BCUT2D eigenvalue weighted by atomic mass is 9.81. The fraction of sp³-hybridized carbons (Fsp3) is 0.394. The van der Waals surface area contributed by atoms with Gasteiger partial charge in [-0.05, 0) is 62.9 Å². The number of benzene rings is 1. The van der Waals surface area contributed by atoms with Gasteiger partial charge in [0.25, 0.3) is 0 Å². The van der Waals surface area contributed by atoms with Crippen molar-refractivity contribution < 1.29 is 14.6 Å². The normalized spacial score (nSPS) is 20.1. The number of hydrogen-bond donors (Lipinski definition) is 3. The average Bonchev–Trinajstić information content (AvgIpc) is 3.64. The molecule has 4 aromatic rings. The summed E-state index contributed by atoms with van der Waals surface area (Å²) in [5, 5.41) is 21.4. The van der Waals surface area contributed by atoms with Crippen molar-refractivity contribution in [3.8, 4) is 16.9 Å². The number of carbonyl (C=O) groups is 1. The monoisotopic (exact) mass is 581 g/mol. The Hall–Kier alpha value is -4.28. The van der Waals surface area contributed by atoms with Gasteiger partial charge in [0.1, 0.15) is 17.6 Å². The number of nitrogens with zero attached hydrogens (tertiary/aromatic N) is 5. The van der Waals surface area contributed by atoms with E-state index in [4.69, 9.17) is 9.72 Å². The van der Waals surface area contributed by atoms with Crippen LogP contribution in [0.2, 0.25) is 0 Å². The predicted octanol–water partition coefficient (Wildman–Crippen LogP) is 3.26. The van der Waals surface area contributed by atoms with E-state index in [1.54, 1.807) is 13.2 Å². The van der Waals surface area contributed by atoms with E-state index in [1.807, 2.05) is 54.3 Å². The predicted molar refractivity (Wildman–Crippen MR) is 168 cm³/mol. The number of aliphatic hydroxyl groups is 1. The maximum Gasteiger partial charge on any atom is 0.240 e. The van der Waals surface area contributed by atoms with Gasteiger partial charge in [0.05, 0.1) is 30.6 Å². The molecule has 2 atom stereocenters. The molecule has 0 unspecified atom stereocenters. The number of aliphatic hydroxyl groups excluding tert-OH is 1. The standard InChI is InChI=1S/C33H39N7O3/c1-3-43-26-17-27(31-25(19-34-2)21-37-40(31)22-26)24-9-10-29(36-20-24)39-15-12-33(13-16-39,18-23-7-5-4-6-8-23)38-32(42)30-28(41)11-14-35-30/h4-10,17,19-22,28,30,35,41H,3,11-16,18H2,1-2H3,(H,38,42)/t28-,30-/m0/s1. The van der Waals surface area contributed by atoms with Gasteiger partial charge in [-0.25, -0.2) is 9.50 Å². The summed E-state index contributed by atoms with van der Waals surface area (Å²) in [5.41, 5.74) is 4.60. The number of rotatable bonds is 9. The Morgan fingerprint density at radius 2 is 2.02 bits per heavy atom. The summed E-state index contributed by atoms with van der Waals surface area (Å²) >= 11 is 0. The molecule has 5 heterocycles. The first-order valence-corrected chi connectivity index (χ1v) is 15.0. The number of anilines is 1. The van der Waals surface area contributed by atoms with Crippen LogP contribution in [0, 0.1) is 0 Å². The van der Waals surface area contributed by atoms with E-state index in [9.17, 15) is 9.90 Å². The van der Waals surface area contributed by atoms with E-state index in [-0.39, 0.29) is 5.91 Å². The molecule has 10 heteroatoms. The van der Waals surface area contributed by atoms with Crippen molar-refractivity contribution in [3.63, 3.8) is 0 Å². The van der Waals surface area contributed by atoms with E-state index in [1.165, 1.54) is 5.56 Å². The van der Waals surface area contributed by atoms with Gasteiger partial charge in [0.2, 0.25) is 5.91 Å². The first-order chi connectivity index (χ1) is 21.0. The molecule has 0 saturated carbocycles. The summed E-state index contributed by atoms with van der Waals surface area (Å²) in [6.07, 6.45) is 9.63. The molecule has 0 spiro atoms. The first kappa shape index (κ1) is 28.8. The molecule has 10 nitrogen and oxygen atoms in total. The van der Waals surface area contributed by atoms with Gasteiger partial charge in [0.15, 0.2) is 0 Å². The Balaban J connectivity index is 1.22. The molecule has 224 valence electrons. The number of fused-ring (bicyclic) bond motifs is 1. The van der Waals surface area contributed by atoms with Crippen LogP contribution >= 0.6 is 0 Å². The Labute approximate surface area is 251 Å². The number of pyridine rings is 2. The Kier molecular flexibility index (Phi) is 8.40. The number of aromatic nitrogens is 3. The molecule has 0 aliphatic carbocycles. The molecular weight excluding hydrogens is 542 g/mol. The highest BCUT2D eigenvalue weighted by Gasteiger charge is 2.40. The minimum atomic E-state index is -0.653. The highest BCUT2D eigenvalue weighted by atomic mass is 16.5. The minimum absolute atomic E-state index is 0.121. The molecule has 0 bridgehead atoms. The number of piperidine rings is 1. The summed E-state index contributed by atoms with van der Waals surface area (Å²) in [4.78, 5) is 24.6. The molecule has 2 saturated heterocycles. The van der Waals surface area contributed by atoms with E-state index < -0.39 is 17.7 Å². The quantitative estimate of drug-likeness (QED) is 0.260. The molecular formula is C33H39N7O3. The molecule has 2 fully saturated rings. The molecule has 1 amide bonds. The average molecular weight is 582 g/mol. The first-order valence-electron chi connectivity index (χ1n) is 15.0. The maximum atomic E-state index is 13.3. The lowest BCUT2D eigenvalue weighted by molar-refractivity contribution is -0.127. The van der Waals surface area contributed by atoms with Crippen LogP contribution in [0.15, 0.2) is 72.1 Å². The molecule has 6 rings (SSSR count). The van der Waals surface area contributed by atoms with Crippen molar-refractivity contribution in [2.45, 2.75) is 50.3 Å². The number of ether oxygens (including phenoxy) is 1. The Morgan fingerprint density at radius 3 is 2.70 bits per heavy atom. The van der Waals surface area contributed by atoms with Gasteiger partial charge in [-0.1, -0.05) is 30.3 Å². The summed E-state index contributed by atoms with van der Waals surface area (Å²) < 4.78 is 7.65. The third kappa shape index (κ3) is 6.11. The van der Waals surface area contributed by atoms with E-state index in [2.05, 4.69) is 49.9 Å². The smallest absolute Gasteiger partial charge is 0.240 e. The van der Waals surface area contributed by atoms with Crippen LogP contribution in [0.5, 0.6) is 5.75 Å². The third-order valence-electron chi connectivity index (χ3n) is 8.54. The number of aliphatic imine (C=N–C) groups is 1. The fourth-order valence-electron chi connectivity index (χ4n) is 6.34. The van der Waals surface area contributed by atoms with Crippen molar-refractivity contribution in [2.24, 2.45) is 4.99 Å². The third-order valence-corrected chi connectivity index (χ3v) is 8.54. The molecule has 2 aliphatic heterocycles. The lowest BCUT2D eigenvalue weighted by Gasteiger charge is -2.43. The van der Waals surface area contributed by atoms with Crippen molar-refractivity contribution in [1.82, 2.24) is 25.2 Å². The van der Waals surface area contributed by atoms with Gasteiger partial charge >= 0.3 is 0 Å². The Morgan fingerprint density at radius 1 is 1.21 bits per heavy atom. The van der Waals surface area contributed by atoms with Gasteiger partial charge < -0.3 is 25.4 Å². The highest BCUT2D eigenvalue weighted by molar-refractivity contribution is 5.96. The Bertz CT molecular complexity index is 1580. The zero-order valence-corrected chi connectivity index (χ0v) is 24.7. The molecule has 3 aromatic heterocycles. The van der Waals surface area contributed by atoms with Crippen LogP contribution < -0.4 is 20.3 Å². The van der Waals surface area contributed by atoms with Crippen molar-refractivity contribution in [3.05, 3.63) is 78.2 Å². The topological polar surface area (TPSA) is 116 Å². The number of carbonyl (C=O) groups excluding carboxylic acids is 1. The second-order valence-electron chi connectivity index (χ2n) is 11.4. The molecule has 3 N–H and O–H groups in total. The summed E-state index contributed by atoms with van der Waals surface area (Å²) in [5.74, 6) is 1.52. The highest BCUT2D eigenvalue weighted by Crippen LogP contribution is 2.33. The number of hydrogen-bond acceptors (Lipinski definition) is 8. The van der Waals surface area contributed by atoms with Gasteiger partial charge in [-0.3, -0.25) is 9.79 Å². The zero-order chi connectivity index (χ0) is 29.8. The van der Waals surface area contributed by atoms with Crippen LogP contribution in [0.3, 0.4) is 0 Å². The number of nitrogens with one attached hydrogen (secondary N) is 2. The van der Waals surface area contributed by atoms with Crippen molar-refractivity contribution in [2.75, 3.05) is 38.2 Å². The molecule has 0 radical (unpaired) electrons. The second kappa shape index (κ2) is 12.5. The minimum Gasteiger partial charge on any atom is -0.492 e. The summed E-state index contributed by atoms with van der Waals surface area (Å²) in [6, 6.07) is 15.9. The molecule has 2 aliphatic rings. The lowest BCUT2D eigenvalue weighted by Crippen LogP contribution is -2.60. The van der Waals surface area contributed by atoms with Crippen molar-refractivity contribution >= 4 is 23.5 Å². The molecule has 1 aromatic carbocycles. The van der Waals surface area contributed by atoms with Crippen LogP contribution in [0.4, 0.5) is 5.82 Å². The number of amides is 1. The second-order valence-corrected chi connectivity index (χ2v) is 11.4. The van der Waals surface area contributed by atoms with Crippen LogP contribution in [-0.4, -0.2) is 82.8 Å². The maximum absolute atomic E-state index is 13.3. The van der Waals surface area contributed by atoms with Gasteiger partial charge in [-0.2, -0.15) is 5.10 Å². The zero-order valence-electron chi connectivity index (χ0n) is 24.7. The summed E-state index contributed by atoms with van der Waals surface area (Å²) in [6.45, 7) is 4.68. The van der Waals surface area contributed by atoms with Crippen LogP contribution in [0.25, 0.3) is 16.6 Å².